The molecule has 1 aromatic heterocycles. The van der Waals surface area contributed by atoms with Crippen molar-refractivity contribution in [2.24, 2.45) is 11.3 Å². The third-order valence-corrected chi connectivity index (χ3v) is 3.45. The quantitative estimate of drug-likeness (QED) is 0.665. The van der Waals surface area contributed by atoms with Crippen molar-refractivity contribution in [3.63, 3.8) is 0 Å². The van der Waals surface area contributed by atoms with E-state index in [1.807, 2.05) is 0 Å². The third kappa shape index (κ3) is 5.19. The zero-order chi connectivity index (χ0) is 15.3. The van der Waals surface area contributed by atoms with Crippen LogP contribution in [0.4, 0.5) is 0 Å². The number of hydrogen-bond donors (Lipinski definition) is 1. The lowest BCUT2D eigenvalue weighted by atomic mass is 9.82. The van der Waals surface area contributed by atoms with E-state index in [4.69, 9.17) is 0 Å². The van der Waals surface area contributed by atoms with Gasteiger partial charge in [0, 0.05) is 18.2 Å². The van der Waals surface area contributed by atoms with Crippen molar-refractivity contribution in [1.82, 2.24) is 5.32 Å². The van der Waals surface area contributed by atoms with Crippen LogP contribution in [0.2, 0.25) is 0 Å². The minimum Gasteiger partial charge on any atom is -0.619 e. The number of nitrogens with one attached hydrogen (secondary N) is 1. The van der Waals surface area contributed by atoms with Gasteiger partial charge >= 0.3 is 0 Å². The molecular formula is C16H26N2O2. The van der Waals surface area contributed by atoms with Gasteiger partial charge in [-0.05, 0) is 24.2 Å². The fraction of sp³-hybridized carbons (Fsp3) is 0.625. The summed E-state index contributed by atoms with van der Waals surface area (Å²) in [5.74, 6) is 0.502. The topological polar surface area (TPSA) is 56.0 Å². The molecule has 0 fully saturated rings. The number of rotatable bonds is 5. The maximum atomic E-state index is 12.2. The zero-order valence-corrected chi connectivity index (χ0v) is 13.1. The number of carbonyl (C=O) groups excluding carboxylic acids is 1. The molecule has 1 N–H and O–H groups in total. The number of amides is 1. The van der Waals surface area contributed by atoms with Gasteiger partial charge < -0.3 is 10.5 Å². The van der Waals surface area contributed by atoms with Gasteiger partial charge in [-0.25, -0.2) is 0 Å². The summed E-state index contributed by atoms with van der Waals surface area (Å²) >= 11 is 0. The van der Waals surface area contributed by atoms with Crippen molar-refractivity contribution < 1.29 is 9.52 Å². The van der Waals surface area contributed by atoms with Gasteiger partial charge in [-0.3, -0.25) is 4.79 Å². The molecule has 4 nitrogen and oxygen atoms in total. The Balaban J connectivity index is 2.73. The van der Waals surface area contributed by atoms with Crippen molar-refractivity contribution in [3.05, 3.63) is 35.3 Å². The Morgan fingerprint density at radius 2 is 1.80 bits per heavy atom. The van der Waals surface area contributed by atoms with E-state index in [-0.39, 0.29) is 17.4 Å². The molecule has 0 bridgehead atoms. The van der Waals surface area contributed by atoms with Crippen LogP contribution < -0.4 is 10.0 Å². The second-order valence-corrected chi connectivity index (χ2v) is 6.81. The van der Waals surface area contributed by atoms with E-state index in [1.54, 1.807) is 12.1 Å². The van der Waals surface area contributed by atoms with Gasteiger partial charge in [0.05, 0.1) is 5.56 Å². The molecule has 0 aliphatic rings. The smallest absolute Gasteiger partial charge is 0.251 e. The van der Waals surface area contributed by atoms with Crippen LogP contribution in [0.1, 0.15) is 57.8 Å². The number of aromatic nitrogens is 1. The third-order valence-electron chi connectivity index (χ3n) is 3.45. The standard InChI is InChI=1S/C16H26N2O2/c1-12(2)6-7-14(16(3,4)5)17-15(19)13-8-10-18(20)11-9-13/h8-12,14H,6-7H2,1-5H3,(H,17,19). The van der Waals surface area contributed by atoms with Crippen molar-refractivity contribution in [2.75, 3.05) is 0 Å². The Bertz CT molecular complexity index is 433. The van der Waals surface area contributed by atoms with E-state index in [0.29, 0.717) is 16.2 Å². The van der Waals surface area contributed by atoms with Crippen LogP contribution >= 0.6 is 0 Å². The summed E-state index contributed by atoms with van der Waals surface area (Å²) in [6.45, 7) is 10.8. The molecule has 1 unspecified atom stereocenters. The first-order chi connectivity index (χ1) is 9.20. The molecule has 20 heavy (non-hydrogen) atoms. The molecule has 4 heteroatoms. The highest BCUT2D eigenvalue weighted by molar-refractivity contribution is 5.94. The van der Waals surface area contributed by atoms with Crippen LogP contribution in [0.3, 0.4) is 0 Å². The SMILES string of the molecule is CC(C)CCC(NC(=O)c1cc[n+]([O-])cc1)C(C)(C)C. The van der Waals surface area contributed by atoms with E-state index in [2.05, 4.69) is 39.9 Å². The van der Waals surface area contributed by atoms with E-state index in [9.17, 15) is 10.0 Å². The summed E-state index contributed by atoms with van der Waals surface area (Å²) < 4.78 is 0.677. The lowest BCUT2D eigenvalue weighted by molar-refractivity contribution is -0.605. The summed E-state index contributed by atoms with van der Waals surface area (Å²) in [4.78, 5) is 12.2. The molecule has 0 aliphatic heterocycles. The van der Waals surface area contributed by atoms with E-state index in [0.717, 1.165) is 12.8 Å². The second kappa shape index (κ2) is 6.73. The molecule has 1 heterocycles. The summed E-state index contributed by atoms with van der Waals surface area (Å²) in [7, 11) is 0. The normalized spacial score (nSPS) is 13.3. The minimum atomic E-state index is -0.116. The highest BCUT2D eigenvalue weighted by Gasteiger charge is 2.26. The molecule has 0 spiro atoms. The van der Waals surface area contributed by atoms with E-state index >= 15 is 0 Å². The first-order valence-corrected chi connectivity index (χ1v) is 7.20. The lowest BCUT2D eigenvalue weighted by Gasteiger charge is -2.32. The fourth-order valence-electron chi connectivity index (χ4n) is 2.03. The Kier molecular flexibility index (Phi) is 5.54. The van der Waals surface area contributed by atoms with Crippen molar-refractivity contribution in [1.29, 1.82) is 0 Å². The number of pyridine rings is 1. The molecule has 0 aliphatic carbocycles. The maximum Gasteiger partial charge on any atom is 0.251 e. The summed E-state index contributed by atoms with van der Waals surface area (Å²) in [5.41, 5.74) is 0.536. The fourth-order valence-corrected chi connectivity index (χ4v) is 2.03. The van der Waals surface area contributed by atoms with Gasteiger partial charge in [-0.15, -0.1) is 0 Å². The molecule has 0 radical (unpaired) electrons. The molecule has 0 saturated heterocycles. The Morgan fingerprint density at radius 3 is 2.25 bits per heavy atom. The molecule has 1 rings (SSSR count). The monoisotopic (exact) mass is 278 g/mol. The minimum absolute atomic E-state index is 0.0117. The maximum absolute atomic E-state index is 12.2. The van der Waals surface area contributed by atoms with Crippen LogP contribution in [0.25, 0.3) is 0 Å². The Hall–Kier alpha value is -1.58. The zero-order valence-electron chi connectivity index (χ0n) is 13.1. The van der Waals surface area contributed by atoms with Gasteiger partial charge in [0.25, 0.3) is 5.91 Å². The first kappa shape index (κ1) is 16.5. The van der Waals surface area contributed by atoms with Crippen LogP contribution in [-0.4, -0.2) is 11.9 Å². The number of nitrogens with zero attached hydrogens (tertiary/aromatic N) is 1. The van der Waals surface area contributed by atoms with E-state index < -0.39 is 0 Å². The molecule has 1 atom stereocenters. The molecular weight excluding hydrogens is 252 g/mol. The first-order valence-electron chi connectivity index (χ1n) is 7.20. The molecule has 1 aromatic rings. The van der Waals surface area contributed by atoms with Crippen molar-refractivity contribution in [2.45, 2.75) is 53.5 Å². The average Bonchev–Trinajstić information content (AvgIpc) is 2.33. The van der Waals surface area contributed by atoms with Gasteiger partial charge in [0.2, 0.25) is 0 Å². The average molecular weight is 278 g/mol. The van der Waals surface area contributed by atoms with Gasteiger partial charge in [0.15, 0.2) is 12.4 Å². The highest BCUT2D eigenvalue weighted by Crippen LogP contribution is 2.24. The van der Waals surface area contributed by atoms with Crippen molar-refractivity contribution in [3.8, 4) is 0 Å². The van der Waals surface area contributed by atoms with Crippen LogP contribution in [-0.2, 0) is 0 Å². The van der Waals surface area contributed by atoms with Crippen molar-refractivity contribution >= 4 is 5.91 Å². The molecule has 112 valence electrons. The summed E-state index contributed by atoms with van der Waals surface area (Å²) in [5, 5.41) is 14.1. The molecule has 1 amide bonds. The Labute approximate surface area is 121 Å². The van der Waals surface area contributed by atoms with Gasteiger partial charge in [0.1, 0.15) is 0 Å². The van der Waals surface area contributed by atoms with Crippen LogP contribution in [0.15, 0.2) is 24.5 Å². The second-order valence-electron chi connectivity index (χ2n) is 6.81. The summed E-state index contributed by atoms with van der Waals surface area (Å²) in [6, 6.07) is 3.21. The summed E-state index contributed by atoms with van der Waals surface area (Å²) in [6.07, 6.45) is 4.73. The van der Waals surface area contributed by atoms with Crippen LogP contribution in [0, 0.1) is 16.5 Å². The number of hydrogen-bond acceptors (Lipinski definition) is 2. The van der Waals surface area contributed by atoms with Crippen LogP contribution in [0.5, 0.6) is 0 Å². The predicted octanol–water partition coefficient (Wildman–Crippen LogP) is 2.90. The largest absolute Gasteiger partial charge is 0.619 e. The number of carbonyl (C=O) groups is 1. The molecule has 0 saturated carbocycles. The molecule has 0 aromatic carbocycles. The van der Waals surface area contributed by atoms with Gasteiger partial charge in [-0.1, -0.05) is 34.6 Å². The van der Waals surface area contributed by atoms with E-state index in [1.165, 1.54) is 12.4 Å². The highest BCUT2D eigenvalue weighted by atomic mass is 16.5. The lowest BCUT2D eigenvalue weighted by Crippen LogP contribution is -2.44. The predicted molar refractivity (Wildman–Crippen MR) is 80.2 cm³/mol. The van der Waals surface area contributed by atoms with Gasteiger partial charge in [-0.2, -0.15) is 4.73 Å². The Morgan fingerprint density at radius 1 is 1.25 bits per heavy atom.